The Kier molecular flexibility index (Phi) is 5.26. The lowest BCUT2D eigenvalue weighted by atomic mass is 10.2. The number of aryl methyl sites for hydroxylation is 2. The number of amides is 1. The molecule has 0 spiro atoms. The molecule has 6 nitrogen and oxygen atoms in total. The van der Waals surface area contributed by atoms with Gasteiger partial charge in [0.1, 0.15) is 0 Å². The summed E-state index contributed by atoms with van der Waals surface area (Å²) < 4.78 is 5.04. The third-order valence-electron chi connectivity index (χ3n) is 3.67. The molecule has 6 heteroatoms. The zero-order chi connectivity index (χ0) is 17.0. The lowest BCUT2D eigenvalue weighted by molar-refractivity contribution is -0.124. The van der Waals surface area contributed by atoms with E-state index in [1.807, 2.05) is 27.7 Å². The number of benzene rings is 1. The monoisotopic (exact) mass is 315 g/mol. The van der Waals surface area contributed by atoms with E-state index in [2.05, 4.69) is 15.3 Å². The highest BCUT2D eigenvalue weighted by atomic mass is 16.5. The van der Waals surface area contributed by atoms with Gasteiger partial charge in [-0.15, -0.1) is 0 Å². The van der Waals surface area contributed by atoms with Gasteiger partial charge in [0, 0.05) is 6.04 Å². The summed E-state index contributed by atoms with van der Waals surface area (Å²) in [5, 5.41) is 2.74. The van der Waals surface area contributed by atoms with Gasteiger partial charge in [0.25, 0.3) is 5.91 Å². The number of fused-ring (bicyclic) bond motifs is 1. The molecular weight excluding hydrogens is 294 g/mol. The number of hydrogen-bond acceptors (Lipinski definition) is 5. The number of nitrogens with zero attached hydrogens (tertiary/aromatic N) is 2. The van der Waals surface area contributed by atoms with Crippen LogP contribution in [0.5, 0.6) is 0 Å². The van der Waals surface area contributed by atoms with Crippen LogP contribution in [0.3, 0.4) is 0 Å². The number of rotatable bonds is 5. The van der Waals surface area contributed by atoms with Gasteiger partial charge in [-0.2, -0.15) is 0 Å². The summed E-state index contributed by atoms with van der Waals surface area (Å²) in [5.41, 5.74) is 3.38. The first kappa shape index (κ1) is 16.9. The second kappa shape index (κ2) is 7.17. The van der Waals surface area contributed by atoms with Gasteiger partial charge in [-0.05, 0) is 45.4 Å². The third kappa shape index (κ3) is 4.25. The molecule has 0 aliphatic heterocycles. The molecule has 0 fully saturated rings. The van der Waals surface area contributed by atoms with E-state index in [0.29, 0.717) is 11.1 Å². The minimum atomic E-state index is -0.550. The van der Waals surface area contributed by atoms with Crippen LogP contribution in [0.4, 0.5) is 0 Å². The highest BCUT2D eigenvalue weighted by molar-refractivity contribution is 5.94. The fourth-order valence-electron chi connectivity index (χ4n) is 1.99. The molecule has 2 rings (SSSR count). The largest absolute Gasteiger partial charge is 0.452 e. The van der Waals surface area contributed by atoms with E-state index >= 15 is 0 Å². The molecule has 1 aromatic heterocycles. The van der Waals surface area contributed by atoms with Crippen LogP contribution in [-0.4, -0.2) is 34.5 Å². The SMILES string of the molecule is CCC(C)NC(=O)COC(=O)c1ccc2nc(C)c(C)nc2c1. The van der Waals surface area contributed by atoms with Crippen molar-refractivity contribution in [1.29, 1.82) is 0 Å². The van der Waals surface area contributed by atoms with E-state index < -0.39 is 5.97 Å². The predicted octanol–water partition coefficient (Wildman–Crippen LogP) is 2.32. The average molecular weight is 315 g/mol. The van der Waals surface area contributed by atoms with Crippen LogP contribution in [0.15, 0.2) is 18.2 Å². The summed E-state index contributed by atoms with van der Waals surface area (Å²) >= 11 is 0. The van der Waals surface area contributed by atoms with Gasteiger partial charge in [-0.3, -0.25) is 4.79 Å². The number of carbonyl (C=O) groups is 2. The molecule has 1 heterocycles. The quantitative estimate of drug-likeness (QED) is 0.856. The third-order valence-corrected chi connectivity index (χ3v) is 3.67. The van der Waals surface area contributed by atoms with E-state index in [1.54, 1.807) is 18.2 Å². The Hall–Kier alpha value is -2.50. The van der Waals surface area contributed by atoms with Crippen molar-refractivity contribution in [1.82, 2.24) is 15.3 Å². The van der Waals surface area contributed by atoms with Crippen molar-refractivity contribution in [2.24, 2.45) is 0 Å². The number of hydrogen-bond donors (Lipinski definition) is 1. The molecule has 122 valence electrons. The Labute approximate surface area is 135 Å². The molecule has 2 aromatic rings. The Bertz CT molecular complexity index is 743. The van der Waals surface area contributed by atoms with Gasteiger partial charge < -0.3 is 10.1 Å². The van der Waals surface area contributed by atoms with Gasteiger partial charge in [-0.1, -0.05) is 6.92 Å². The van der Waals surface area contributed by atoms with E-state index in [4.69, 9.17) is 4.74 Å². The molecule has 0 radical (unpaired) electrons. The van der Waals surface area contributed by atoms with Crippen LogP contribution in [0.2, 0.25) is 0 Å². The Morgan fingerprint density at radius 1 is 1.17 bits per heavy atom. The van der Waals surface area contributed by atoms with Crippen LogP contribution < -0.4 is 5.32 Å². The van der Waals surface area contributed by atoms with Gasteiger partial charge in [0.05, 0.1) is 28.0 Å². The van der Waals surface area contributed by atoms with Crippen LogP contribution in [0.25, 0.3) is 11.0 Å². The van der Waals surface area contributed by atoms with Crippen molar-refractivity contribution in [3.8, 4) is 0 Å². The first-order valence-electron chi connectivity index (χ1n) is 7.62. The molecule has 1 atom stereocenters. The van der Waals surface area contributed by atoms with E-state index in [9.17, 15) is 9.59 Å². The summed E-state index contributed by atoms with van der Waals surface area (Å²) in [7, 11) is 0. The van der Waals surface area contributed by atoms with E-state index in [1.165, 1.54) is 0 Å². The lowest BCUT2D eigenvalue weighted by Crippen LogP contribution is -2.35. The standard InChI is InChI=1S/C17H21N3O3/c1-5-10(2)18-16(21)9-23-17(22)13-6-7-14-15(8-13)20-12(4)11(3)19-14/h6-8,10H,5,9H2,1-4H3,(H,18,21). The average Bonchev–Trinajstić information content (AvgIpc) is 2.53. The molecule has 1 N–H and O–H groups in total. The van der Waals surface area contributed by atoms with Crippen molar-refractivity contribution < 1.29 is 14.3 Å². The Balaban J connectivity index is 2.06. The molecule has 0 saturated carbocycles. The van der Waals surface area contributed by atoms with Crippen LogP contribution >= 0.6 is 0 Å². The van der Waals surface area contributed by atoms with Crippen molar-refractivity contribution in [3.63, 3.8) is 0 Å². The highest BCUT2D eigenvalue weighted by Crippen LogP contribution is 2.15. The van der Waals surface area contributed by atoms with Gasteiger partial charge in [0.15, 0.2) is 6.61 Å². The van der Waals surface area contributed by atoms with E-state index in [-0.39, 0.29) is 18.6 Å². The van der Waals surface area contributed by atoms with Crippen LogP contribution in [0.1, 0.15) is 42.0 Å². The molecule has 0 aliphatic carbocycles. The zero-order valence-corrected chi connectivity index (χ0v) is 13.8. The number of esters is 1. The summed E-state index contributed by atoms with van der Waals surface area (Å²) in [5.74, 6) is -0.856. The van der Waals surface area contributed by atoms with Gasteiger partial charge in [0.2, 0.25) is 0 Å². The smallest absolute Gasteiger partial charge is 0.338 e. The maximum Gasteiger partial charge on any atom is 0.338 e. The topological polar surface area (TPSA) is 81.2 Å². The fourth-order valence-corrected chi connectivity index (χ4v) is 1.99. The first-order chi connectivity index (χ1) is 10.9. The molecule has 1 unspecified atom stereocenters. The molecule has 1 amide bonds. The molecule has 23 heavy (non-hydrogen) atoms. The highest BCUT2D eigenvalue weighted by Gasteiger charge is 2.13. The second-order valence-electron chi connectivity index (χ2n) is 5.55. The summed E-state index contributed by atoms with van der Waals surface area (Å²) in [4.78, 5) is 32.5. The Morgan fingerprint density at radius 3 is 2.48 bits per heavy atom. The summed E-state index contributed by atoms with van der Waals surface area (Å²) in [6.07, 6.45) is 0.821. The lowest BCUT2D eigenvalue weighted by Gasteiger charge is -2.11. The molecular formula is C17H21N3O3. The van der Waals surface area contributed by atoms with Crippen molar-refractivity contribution in [2.75, 3.05) is 6.61 Å². The minimum absolute atomic E-state index is 0.0587. The summed E-state index contributed by atoms with van der Waals surface area (Å²) in [6.45, 7) is 7.33. The molecule has 0 aliphatic rings. The molecule has 0 bridgehead atoms. The van der Waals surface area contributed by atoms with Crippen LogP contribution in [0, 0.1) is 13.8 Å². The fraction of sp³-hybridized carbons (Fsp3) is 0.412. The summed E-state index contributed by atoms with van der Waals surface area (Å²) in [6, 6.07) is 5.04. The maximum atomic E-state index is 12.0. The first-order valence-corrected chi connectivity index (χ1v) is 7.62. The van der Waals surface area contributed by atoms with Crippen molar-refractivity contribution >= 4 is 22.9 Å². The number of carbonyl (C=O) groups excluding carboxylic acids is 2. The number of aromatic nitrogens is 2. The second-order valence-corrected chi connectivity index (χ2v) is 5.55. The normalized spacial score (nSPS) is 12.0. The maximum absolute atomic E-state index is 12.0. The van der Waals surface area contributed by atoms with Crippen molar-refractivity contribution in [3.05, 3.63) is 35.2 Å². The molecule has 1 aromatic carbocycles. The van der Waals surface area contributed by atoms with Gasteiger partial charge >= 0.3 is 5.97 Å². The number of ether oxygens (including phenoxy) is 1. The van der Waals surface area contributed by atoms with Crippen LogP contribution in [-0.2, 0) is 9.53 Å². The number of nitrogens with one attached hydrogen (secondary N) is 1. The van der Waals surface area contributed by atoms with Gasteiger partial charge in [-0.25, -0.2) is 14.8 Å². The Morgan fingerprint density at radius 2 is 1.83 bits per heavy atom. The predicted molar refractivity (Wildman–Crippen MR) is 87.2 cm³/mol. The van der Waals surface area contributed by atoms with E-state index in [0.717, 1.165) is 23.3 Å². The van der Waals surface area contributed by atoms with Crippen molar-refractivity contribution in [2.45, 2.75) is 40.2 Å². The molecule has 0 saturated heterocycles. The zero-order valence-electron chi connectivity index (χ0n) is 13.8. The minimum Gasteiger partial charge on any atom is -0.452 e.